The van der Waals surface area contributed by atoms with Crippen molar-refractivity contribution >= 4 is 28.0 Å². The molecule has 120 valence electrons. The van der Waals surface area contributed by atoms with Crippen molar-refractivity contribution in [1.29, 1.82) is 0 Å². The smallest absolute Gasteiger partial charge is 0.303 e. The second kappa shape index (κ2) is 5.49. The van der Waals surface area contributed by atoms with Crippen LogP contribution in [-0.2, 0) is 11.2 Å². The van der Waals surface area contributed by atoms with Crippen LogP contribution in [0, 0.1) is 5.82 Å². The number of hydrogen-bond acceptors (Lipinski definition) is 3. The Hall–Kier alpha value is -3.15. The van der Waals surface area contributed by atoms with E-state index in [0.29, 0.717) is 17.0 Å². The van der Waals surface area contributed by atoms with Crippen molar-refractivity contribution in [3.63, 3.8) is 0 Å². The van der Waals surface area contributed by atoms with Gasteiger partial charge in [0.25, 0.3) is 0 Å². The lowest BCUT2D eigenvalue weighted by atomic mass is 10.0. The summed E-state index contributed by atoms with van der Waals surface area (Å²) in [6.07, 6.45) is 2.06. The summed E-state index contributed by atoms with van der Waals surface area (Å²) in [4.78, 5) is 18.0. The first-order valence-corrected chi connectivity index (χ1v) is 7.48. The van der Waals surface area contributed by atoms with Gasteiger partial charge in [-0.15, -0.1) is 0 Å². The maximum Gasteiger partial charge on any atom is 0.303 e. The fraction of sp³-hybridized carbons (Fsp3) is 0.111. The largest absolute Gasteiger partial charge is 0.481 e. The molecule has 2 aromatic heterocycles. The molecule has 5 nitrogen and oxygen atoms in total. The number of fused-ring (bicyclic) bond motifs is 2. The number of aryl methyl sites for hydroxylation is 1. The number of rotatable bonds is 4. The molecule has 0 aliphatic carbocycles. The Kier molecular flexibility index (Phi) is 3.30. The highest BCUT2D eigenvalue weighted by Crippen LogP contribution is 2.31. The van der Waals surface area contributed by atoms with Crippen molar-refractivity contribution in [1.82, 2.24) is 9.97 Å². The van der Waals surface area contributed by atoms with Gasteiger partial charge in [0.05, 0.1) is 6.42 Å². The molecule has 4 aromatic rings. The third kappa shape index (κ3) is 2.52. The van der Waals surface area contributed by atoms with Gasteiger partial charge in [0.2, 0.25) is 0 Å². The van der Waals surface area contributed by atoms with Gasteiger partial charge >= 0.3 is 5.97 Å². The highest BCUT2D eigenvalue weighted by Gasteiger charge is 2.11. The minimum atomic E-state index is -0.885. The van der Waals surface area contributed by atoms with E-state index in [-0.39, 0.29) is 18.7 Å². The zero-order chi connectivity index (χ0) is 16.7. The van der Waals surface area contributed by atoms with E-state index >= 15 is 0 Å². The zero-order valence-electron chi connectivity index (χ0n) is 12.5. The van der Waals surface area contributed by atoms with Crippen LogP contribution in [0.1, 0.15) is 12.3 Å². The molecule has 0 fully saturated rings. The number of H-pyrrole nitrogens is 1. The summed E-state index contributed by atoms with van der Waals surface area (Å²) in [7, 11) is 0. The number of carbonyl (C=O) groups is 1. The molecule has 2 aromatic carbocycles. The van der Waals surface area contributed by atoms with Gasteiger partial charge in [-0.05, 0) is 35.9 Å². The molecule has 2 N–H and O–H groups in total. The van der Waals surface area contributed by atoms with Crippen LogP contribution in [0.25, 0.3) is 33.1 Å². The van der Waals surface area contributed by atoms with E-state index in [2.05, 4.69) is 9.97 Å². The number of carboxylic acid groups (broad SMARTS) is 1. The van der Waals surface area contributed by atoms with Crippen LogP contribution < -0.4 is 0 Å². The molecular formula is C18H13FN2O3. The van der Waals surface area contributed by atoms with Crippen LogP contribution in [0.15, 0.2) is 47.0 Å². The Morgan fingerprint density at radius 3 is 2.96 bits per heavy atom. The lowest BCUT2D eigenvalue weighted by molar-refractivity contribution is -0.137. The van der Waals surface area contributed by atoms with E-state index in [9.17, 15) is 9.18 Å². The number of aromatic nitrogens is 2. The summed E-state index contributed by atoms with van der Waals surface area (Å²) >= 11 is 0. The van der Waals surface area contributed by atoms with Crippen molar-refractivity contribution < 1.29 is 18.7 Å². The minimum absolute atomic E-state index is 0.0201. The minimum Gasteiger partial charge on any atom is -0.481 e. The summed E-state index contributed by atoms with van der Waals surface area (Å²) < 4.78 is 18.9. The Morgan fingerprint density at radius 2 is 2.12 bits per heavy atom. The number of oxazole rings is 1. The molecule has 0 atom stereocenters. The summed E-state index contributed by atoms with van der Waals surface area (Å²) in [6.45, 7) is 0. The SMILES string of the molecule is O=C(O)CCc1nc2ccc(-c3c[nH]c4cc(F)ccc34)cc2o1. The first-order chi connectivity index (χ1) is 11.6. The van der Waals surface area contributed by atoms with Crippen molar-refractivity contribution in [3.05, 3.63) is 54.3 Å². The molecule has 0 amide bonds. The van der Waals surface area contributed by atoms with E-state index in [1.807, 2.05) is 24.4 Å². The number of hydrogen-bond donors (Lipinski definition) is 2. The molecule has 6 heteroatoms. The van der Waals surface area contributed by atoms with Crippen LogP contribution in [-0.4, -0.2) is 21.0 Å². The highest BCUT2D eigenvalue weighted by molar-refractivity contribution is 5.97. The monoisotopic (exact) mass is 324 g/mol. The van der Waals surface area contributed by atoms with Gasteiger partial charge in [-0.25, -0.2) is 9.37 Å². The number of nitrogens with zero attached hydrogens (tertiary/aromatic N) is 1. The summed E-state index contributed by atoms with van der Waals surface area (Å²) in [6, 6.07) is 10.2. The van der Waals surface area contributed by atoms with Gasteiger partial charge in [0.1, 0.15) is 11.3 Å². The Labute approximate surface area is 135 Å². The topological polar surface area (TPSA) is 79.1 Å². The van der Waals surface area contributed by atoms with Crippen molar-refractivity contribution in [2.24, 2.45) is 0 Å². The molecule has 0 saturated heterocycles. The second-order valence-corrected chi connectivity index (χ2v) is 5.58. The third-order valence-electron chi connectivity index (χ3n) is 3.94. The van der Waals surface area contributed by atoms with Crippen molar-refractivity contribution in [3.8, 4) is 11.1 Å². The first kappa shape index (κ1) is 14.4. The number of aliphatic carboxylic acids is 1. The maximum atomic E-state index is 13.3. The molecule has 0 aliphatic rings. The van der Waals surface area contributed by atoms with Gasteiger partial charge in [0.15, 0.2) is 11.5 Å². The van der Waals surface area contributed by atoms with Gasteiger partial charge < -0.3 is 14.5 Å². The van der Waals surface area contributed by atoms with E-state index in [1.165, 1.54) is 12.1 Å². The van der Waals surface area contributed by atoms with Gasteiger partial charge in [0, 0.05) is 29.1 Å². The summed E-state index contributed by atoms with van der Waals surface area (Å²) in [5.74, 6) is -0.765. The number of aromatic amines is 1. The maximum absolute atomic E-state index is 13.3. The van der Waals surface area contributed by atoms with E-state index < -0.39 is 5.97 Å². The quantitative estimate of drug-likeness (QED) is 0.591. The average molecular weight is 324 g/mol. The number of nitrogens with one attached hydrogen (secondary N) is 1. The lowest BCUT2D eigenvalue weighted by Crippen LogP contribution is -1.97. The van der Waals surface area contributed by atoms with Crippen LogP contribution in [0.3, 0.4) is 0 Å². The van der Waals surface area contributed by atoms with Gasteiger partial charge in [-0.3, -0.25) is 4.79 Å². The standard InChI is InChI=1S/C18H13FN2O3/c19-11-2-3-12-13(9-20-15(12)8-11)10-1-4-14-16(7-10)24-17(21-14)5-6-18(22)23/h1-4,7-9,20H,5-6H2,(H,22,23). The molecule has 0 aliphatic heterocycles. The normalized spacial score (nSPS) is 11.4. The molecule has 0 saturated carbocycles. The number of benzene rings is 2. The van der Waals surface area contributed by atoms with Crippen LogP contribution >= 0.6 is 0 Å². The third-order valence-corrected chi connectivity index (χ3v) is 3.94. The lowest BCUT2D eigenvalue weighted by Gasteiger charge is -1.99. The van der Waals surface area contributed by atoms with E-state index in [4.69, 9.17) is 9.52 Å². The van der Waals surface area contributed by atoms with E-state index in [1.54, 1.807) is 6.07 Å². The van der Waals surface area contributed by atoms with E-state index in [0.717, 1.165) is 22.0 Å². The molecule has 0 radical (unpaired) electrons. The Balaban J connectivity index is 1.74. The molecule has 24 heavy (non-hydrogen) atoms. The molecule has 2 heterocycles. The molecular weight excluding hydrogens is 311 g/mol. The molecule has 0 spiro atoms. The predicted octanol–water partition coefficient (Wildman–Crippen LogP) is 4.13. The zero-order valence-corrected chi connectivity index (χ0v) is 12.5. The van der Waals surface area contributed by atoms with Crippen LogP contribution in [0.5, 0.6) is 0 Å². The fourth-order valence-corrected chi connectivity index (χ4v) is 2.80. The highest BCUT2D eigenvalue weighted by atomic mass is 19.1. The predicted molar refractivity (Wildman–Crippen MR) is 87.2 cm³/mol. The summed E-state index contributed by atoms with van der Waals surface area (Å²) in [5.41, 5.74) is 3.87. The van der Waals surface area contributed by atoms with Crippen molar-refractivity contribution in [2.75, 3.05) is 0 Å². The second-order valence-electron chi connectivity index (χ2n) is 5.58. The van der Waals surface area contributed by atoms with Crippen LogP contribution in [0.4, 0.5) is 4.39 Å². The van der Waals surface area contributed by atoms with Gasteiger partial charge in [-0.2, -0.15) is 0 Å². The fourth-order valence-electron chi connectivity index (χ4n) is 2.80. The molecule has 0 unspecified atom stereocenters. The number of carboxylic acids is 1. The molecule has 4 rings (SSSR count). The molecule has 0 bridgehead atoms. The Morgan fingerprint density at radius 1 is 1.25 bits per heavy atom. The van der Waals surface area contributed by atoms with Crippen LogP contribution in [0.2, 0.25) is 0 Å². The first-order valence-electron chi connectivity index (χ1n) is 7.48. The average Bonchev–Trinajstić information content (AvgIpc) is 3.14. The number of halogens is 1. The van der Waals surface area contributed by atoms with Gasteiger partial charge in [-0.1, -0.05) is 6.07 Å². The summed E-state index contributed by atoms with van der Waals surface area (Å²) in [5, 5.41) is 9.66. The Bertz CT molecular complexity index is 1060. The van der Waals surface area contributed by atoms with Crippen molar-refractivity contribution in [2.45, 2.75) is 12.8 Å².